The van der Waals surface area contributed by atoms with E-state index >= 15 is 0 Å². The van der Waals surface area contributed by atoms with E-state index in [1.807, 2.05) is 31.2 Å². The number of hydrogen-bond donors (Lipinski definition) is 2. The third-order valence-corrected chi connectivity index (χ3v) is 2.42. The van der Waals surface area contributed by atoms with Gasteiger partial charge in [-0.05, 0) is 24.6 Å². The van der Waals surface area contributed by atoms with Crippen LogP contribution in [0.2, 0.25) is 0 Å². The van der Waals surface area contributed by atoms with Gasteiger partial charge in [0.2, 0.25) is 0 Å². The van der Waals surface area contributed by atoms with E-state index in [1.54, 1.807) is 0 Å². The Bertz CT molecular complexity index is 303. The molecule has 0 radical (unpaired) electrons. The van der Waals surface area contributed by atoms with Gasteiger partial charge in [0.1, 0.15) is 5.75 Å². The molecule has 15 heavy (non-hydrogen) atoms. The van der Waals surface area contributed by atoms with E-state index in [-0.39, 0.29) is 17.6 Å². The van der Waals surface area contributed by atoms with Gasteiger partial charge in [0.15, 0.2) is 5.17 Å². The van der Waals surface area contributed by atoms with Gasteiger partial charge >= 0.3 is 0 Å². The van der Waals surface area contributed by atoms with Crippen LogP contribution in [0, 0.1) is 5.41 Å². The number of rotatable bonds is 4. The van der Waals surface area contributed by atoms with E-state index in [0.717, 1.165) is 17.1 Å². The summed E-state index contributed by atoms with van der Waals surface area (Å²) in [5.74, 6) is 1.62. The number of nitrogens with one attached hydrogen (secondary N) is 1. The fourth-order valence-corrected chi connectivity index (χ4v) is 1.52. The smallest absolute Gasteiger partial charge is 0.151 e. The second-order valence-electron chi connectivity index (χ2n) is 2.73. The molecule has 0 aromatic heterocycles. The first kappa shape index (κ1) is 14.1. The molecule has 0 saturated carbocycles. The van der Waals surface area contributed by atoms with Gasteiger partial charge in [-0.2, -0.15) is 0 Å². The van der Waals surface area contributed by atoms with Crippen molar-refractivity contribution < 1.29 is 17.1 Å². The third-order valence-electron chi connectivity index (χ3n) is 1.63. The predicted octanol–water partition coefficient (Wildman–Crippen LogP) is -0.784. The van der Waals surface area contributed by atoms with Crippen molar-refractivity contribution in [3.05, 3.63) is 29.8 Å². The molecule has 5 heteroatoms. The lowest BCUT2D eigenvalue weighted by Crippen LogP contribution is -3.00. The second-order valence-corrected chi connectivity index (χ2v) is 3.75. The summed E-state index contributed by atoms with van der Waals surface area (Å²) >= 11 is 1.32. The van der Waals surface area contributed by atoms with Crippen LogP contribution in [0.25, 0.3) is 0 Å². The van der Waals surface area contributed by atoms with Crippen molar-refractivity contribution in [3.63, 3.8) is 0 Å². The molecule has 3 nitrogen and oxygen atoms in total. The average molecular weight is 246 g/mol. The molecule has 0 heterocycles. The summed E-state index contributed by atoms with van der Waals surface area (Å²) in [4.78, 5) is 0. The lowest BCUT2D eigenvalue weighted by atomic mass is 10.2. The third kappa shape index (κ3) is 5.54. The zero-order chi connectivity index (χ0) is 10.4. The zero-order valence-electron chi connectivity index (χ0n) is 8.50. The molecular weight excluding hydrogens is 232 g/mol. The van der Waals surface area contributed by atoms with Crippen LogP contribution >= 0.6 is 11.8 Å². The Balaban J connectivity index is 0.00000196. The van der Waals surface area contributed by atoms with Gasteiger partial charge in [-0.15, -0.1) is 0 Å². The van der Waals surface area contributed by atoms with Crippen molar-refractivity contribution in [1.29, 1.82) is 5.41 Å². The van der Waals surface area contributed by atoms with Crippen molar-refractivity contribution in [2.24, 2.45) is 5.73 Å². The van der Waals surface area contributed by atoms with Gasteiger partial charge < -0.3 is 22.9 Å². The topological polar surface area (TPSA) is 59.1 Å². The average Bonchev–Trinajstić information content (AvgIpc) is 2.17. The Morgan fingerprint density at radius 2 is 2.00 bits per heavy atom. The van der Waals surface area contributed by atoms with E-state index in [9.17, 15) is 0 Å². The van der Waals surface area contributed by atoms with Gasteiger partial charge in [-0.25, -0.2) is 0 Å². The van der Waals surface area contributed by atoms with Crippen LogP contribution in [-0.4, -0.2) is 11.8 Å². The number of hydrogen-bond acceptors (Lipinski definition) is 3. The predicted molar refractivity (Wildman–Crippen MR) is 60.8 cm³/mol. The highest BCUT2D eigenvalue weighted by Crippen LogP contribution is 2.16. The Hall–Kier alpha value is -0.870. The molecule has 0 unspecified atom stereocenters. The molecule has 0 atom stereocenters. The fraction of sp³-hybridized carbons (Fsp3) is 0.300. The van der Waals surface area contributed by atoms with E-state index < -0.39 is 0 Å². The number of ether oxygens (including phenoxy) is 1. The molecule has 0 saturated heterocycles. The van der Waals surface area contributed by atoms with Crippen molar-refractivity contribution in [3.8, 4) is 5.75 Å². The molecule has 0 spiro atoms. The summed E-state index contributed by atoms with van der Waals surface area (Å²) in [5, 5.41) is 7.22. The highest BCUT2D eigenvalue weighted by molar-refractivity contribution is 8.13. The van der Waals surface area contributed by atoms with Gasteiger partial charge in [-0.1, -0.05) is 23.9 Å². The van der Waals surface area contributed by atoms with Crippen LogP contribution in [0.1, 0.15) is 12.5 Å². The standard InChI is InChI=1S/C10H14N2OS.ClH/c1-2-13-9-5-3-8(4-6-9)7-14-10(11)12;/h3-6H,2,7H2,1H3,(H3,11,12);1H/p-1. The molecule has 0 aliphatic carbocycles. The minimum atomic E-state index is 0. The Morgan fingerprint density at radius 1 is 1.40 bits per heavy atom. The van der Waals surface area contributed by atoms with E-state index in [2.05, 4.69) is 0 Å². The fourth-order valence-electron chi connectivity index (χ4n) is 1.01. The number of benzene rings is 1. The van der Waals surface area contributed by atoms with Gasteiger partial charge in [0.25, 0.3) is 0 Å². The normalized spacial score (nSPS) is 9.13. The molecule has 0 aliphatic rings. The van der Waals surface area contributed by atoms with Crippen LogP contribution in [0.15, 0.2) is 24.3 Å². The number of thioether (sulfide) groups is 1. The molecule has 0 aliphatic heterocycles. The molecule has 0 fully saturated rings. The summed E-state index contributed by atoms with van der Waals surface area (Å²) in [7, 11) is 0. The van der Waals surface area contributed by atoms with E-state index in [0.29, 0.717) is 6.61 Å². The van der Waals surface area contributed by atoms with E-state index in [1.165, 1.54) is 11.8 Å². The minimum Gasteiger partial charge on any atom is -1.00 e. The Labute approximate surface area is 100 Å². The highest BCUT2D eigenvalue weighted by Gasteiger charge is 1.96. The molecule has 1 rings (SSSR count). The van der Waals surface area contributed by atoms with Crippen molar-refractivity contribution in [1.82, 2.24) is 0 Å². The Kier molecular flexibility index (Phi) is 6.99. The maximum Gasteiger partial charge on any atom is 0.151 e. The minimum absolute atomic E-state index is 0. The van der Waals surface area contributed by atoms with Crippen LogP contribution in [0.5, 0.6) is 5.75 Å². The summed E-state index contributed by atoms with van der Waals surface area (Å²) in [6.07, 6.45) is 0. The SMILES string of the molecule is CCOc1ccc(CSC(=N)N)cc1.[Cl-]. The first-order valence-electron chi connectivity index (χ1n) is 4.41. The monoisotopic (exact) mass is 245 g/mol. The number of amidine groups is 1. The van der Waals surface area contributed by atoms with Crippen molar-refractivity contribution >= 4 is 16.9 Å². The lowest BCUT2D eigenvalue weighted by molar-refractivity contribution is -0.00000379. The molecule has 84 valence electrons. The van der Waals surface area contributed by atoms with Crippen LogP contribution < -0.4 is 22.9 Å². The second kappa shape index (κ2) is 7.43. The maximum absolute atomic E-state index is 7.07. The first-order valence-corrected chi connectivity index (χ1v) is 5.39. The van der Waals surface area contributed by atoms with Crippen LogP contribution in [-0.2, 0) is 5.75 Å². The van der Waals surface area contributed by atoms with Crippen molar-refractivity contribution in [2.75, 3.05) is 6.61 Å². The molecule has 0 amide bonds. The van der Waals surface area contributed by atoms with Crippen molar-refractivity contribution in [2.45, 2.75) is 12.7 Å². The largest absolute Gasteiger partial charge is 1.00 e. The summed E-state index contributed by atoms with van der Waals surface area (Å²) in [6, 6.07) is 7.83. The van der Waals surface area contributed by atoms with Crippen LogP contribution in [0.3, 0.4) is 0 Å². The van der Waals surface area contributed by atoms with Gasteiger partial charge in [0.05, 0.1) is 6.61 Å². The van der Waals surface area contributed by atoms with Crippen LogP contribution in [0.4, 0.5) is 0 Å². The zero-order valence-corrected chi connectivity index (χ0v) is 10.1. The maximum atomic E-state index is 7.07. The number of halogens is 1. The number of nitrogens with two attached hydrogens (primary N) is 1. The molecule has 0 bridgehead atoms. The lowest BCUT2D eigenvalue weighted by Gasteiger charge is -2.04. The summed E-state index contributed by atoms with van der Waals surface area (Å²) in [6.45, 7) is 2.64. The van der Waals surface area contributed by atoms with Gasteiger partial charge in [0, 0.05) is 5.75 Å². The van der Waals surface area contributed by atoms with Gasteiger partial charge in [-0.3, -0.25) is 5.41 Å². The van der Waals surface area contributed by atoms with E-state index in [4.69, 9.17) is 15.9 Å². The summed E-state index contributed by atoms with van der Waals surface area (Å²) in [5.41, 5.74) is 6.39. The first-order chi connectivity index (χ1) is 6.72. The highest BCUT2D eigenvalue weighted by atomic mass is 35.5. The molecule has 3 N–H and O–H groups in total. The Morgan fingerprint density at radius 3 is 2.47 bits per heavy atom. The summed E-state index contributed by atoms with van der Waals surface area (Å²) < 4.78 is 5.31. The molecule has 1 aromatic rings. The molecule has 1 aromatic carbocycles. The quantitative estimate of drug-likeness (QED) is 0.540. The molecular formula is C10H14ClN2OS-.